The van der Waals surface area contributed by atoms with E-state index >= 15 is 0 Å². The van der Waals surface area contributed by atoms with E-state index in [0.717, 1.165) is 0 Å². The van der Waals surface area contributed by atoms with E-state index < -0.39 is 28.7 Å². The number of para-hydroxylation sites is 1. The zero-order valence-corrected chi connectivity index (χ0v) is 15.5. The van der Waals surface area contributed by atoms with Gasteiger partial charge in [-0.2, -0.15) is 0 Å². The molecule has 0 saturated carbocycles. The average molecular weight is 430 g/mol. The molecule has 9 heteroatoms. The molecule has 0 radical (unpaired) electrons. The van der Waals surface area contributed by atoms with Crippen molar-refractivity contribution in [3.05, 3.63) is 34.8 Å². The fourth-order valence-electron chi connectivity index (χ4n) is 3.34. The third-order valence-corrected chi connectivity index (χ3v) is 5.43. The maximum absolute atomic E-state index is 10.7. The predicted octanol–water partition coefficient (Wildman–Crippen LogP) is 2.04. The fraction of sp³-hybridized carbons (Fsp3) is 0. The highest BCUT2D eigenvalue weighted by Gasteiger charge is 2.30. The number of benzene rings is 3. The van der Waals surface area contributed by atoms with Crippen molar-refractivity contribution < 1.29 is 30.6 Å². The zero-order chi connectivity index (χ0) is 19.6. The number of hydrogen-bond acceptors (Lipinski definition) is 6. The normalized spacial score (nSPS) is 11.4. The van der Waals surface area contributed by atoms with E-state index in [1.807, 2.05) is 0 Å². The van der Waals surface area contributed by atoms with Crippen LogP contribution in [0.5, 0.6) is 34.5 Å². The van der Waals surface area contributed by atoms with E-state index in [0.29, 0.717) is 5.69 Å². The van der Waals surface area contributed by atoms with Gasteiger partial charge in [0.25, 0.3) is 0 Å². The Labute approximate surface area is 161 Å². The quantitative estimate of drug-likeness (QED) is 0.156. The lowest BCUT2D eigenvalue weighted by Gasteiger charge is -2.12. The third-order valence-electron chi connectivity index (χ3n) is 4.68. The van der Waals surface area contributed by atoms with Crippen LogP contribution >= 0.6 is 15.9 Å². The van der Waals surface area contributed by atoms with Gasteiger partial charge in [-0.15, -0.1) is 0 Å². The first kappa shape index (κ1) is 17.2. The van der Waals surface area contributed by atoms with Gasteiger partial charge in [0.2, 0.25) is 0 Å². The fourth-order valence-corrected chi connectivity index (χ4v) is 3.72. The minimum absolute atomic E-state index is 0.0299. The number of rotatable bonds is 1. The number of fused-ring (bicyclic) bond motifs is 3. The van der Waals surface area contributed by atoms with Gasteiger partial charge in [-0.05, 0) is 33.5 Å². The molecule has 4 rings (SSSR count). The number of nitrogens with zero attached hydrogens (tertiary/aromatic N) is 1. The number of phenols is 6. The molecule has 0 atom stereocenters. The number of aromatic nitrogens is 1. The van der Waals surface area contributed by atoms with Crippen LogP contribution in [0.2, 0.25) is 0 Å². The van der Waals surface area contributed by atoms with Gasteiger partial charge in [0.05, 0.1) is 16.3 Å². The summed E-state index contributed by atoms with van der Waals surface area (Å²) >= 11 is 3.03. The van der Waals surface area contributed by atoms with Crippen LogP contribution in [-0.2, 0) is 0 Å². The Morgan fingerprint density at radius 2 is 1.19 bits per heavy atom. The van der Waals surface area contributed by atoms with E-state index in [1.165, 1.54) is 12.4 Å². The van der Waals surface area contributed by atoms with Gasteiger partial charge in [-0.3, -0.25) is 0 Å². The molecule has 0 unspecified atom stereocenters. The van der Waals surface area contributed by atoms with Crippen LogP contribution in [0.4, 0.5) is 0 Å². The molecule has 0 aliphatic heterocycles. The first-order valence-electron chi connectivity index (χ1n) is 7.86. The van der Waals surface area contributed by atoms with Gasteiger partial charge < -0.3 is 35.2 Å². The molecule has 0 aliphatic rings. The second-order valence-electron chi connectivity index (χ2n) is 6.15. The molecule has 0 spiro atoms. The Hall–Kier alpha value is -3.20. The highest BCUT2D eigenvalue weighted by molar-refractivity contribution is 9.10. The monoisotopic (exact) mass is 429 g/mol. The third kappa shape index (κ3) is 2.09. The Morgan fingerprint density at radius 1 is 0.667 bits per heavy atom. The number of phenolic OH excluding ortho intramolecular Hbond substituents is 6. The lowest BCUT2D eigenvalue weighted by atomic mass is 9.91. The lowest BCUT2D eigenvalue weighted by Crippen LogP contribution is -2.06. The number of halogens is 1. The summed E-state index contributed by atoms with van der Waals surface area (Å²) in [7, 11) is 1.42. The molecule has 0 aliphatic carbocycles. The van der Waals surface area contributed by atoms with E-state index in [1.54, 1.807) is 30.3 Å². The number of aromatic hydroxyl groups is 6. The van der Waals surface area contributed by atoms with E-state index in [-0.39, 0.29) is 37.5 Å². The van der Waals surface area contributed by atoms with Crippen LogP contribution in [0.3, 0.4) is 0 Å². The largest absolute Gasteiger partial charge is 0.506 e. The summed E-state index contributed by atoms with van der Waals surface area (Å²) in [4.78, 5) is 0. The van der Waals surface area contributed by atoms with Crippen LogP contribution < -0.4 is 5.46 Å². The van der Waals surface area contributed by atoms with Gasteiger partial charge >= 0.3 is 0 Å². The van der Waals surface area contributed by atoms with Crippen molar-refractivity contribution in [3.63, 3.8) is 0 Å². The van der Waals surface area contributed by atoms with Crippen molar-refractivity contribution in [2.24, 2.45) is 0 Å². The zero-order valence-electron chi connectivity index (χ0n) is 13.9. The Bertz CT molecular complexity index is 1180. The molecular weight excluding hydrogens is 417 g/mol. The highest BCUT2D eigenvalue weighted by Crippen LogP contribution is 2.54. The summed E-state index contributed by atoms with van der Waals surface area (Å²) in [5, 5.41) is 62.5. The van der Waals surface area contributed by atoms with Gasteiger partial charge in [-0.1, -0.05) is 18.2 Å². The summed E-state index contributed by atoms with van der Waals surface area (Å²) < 4.78 is 1.29. The van der Waals surface area contributed by atoms with Crippen LogP contribution in [0.15, 0.2) is 34.8 Å². The van der Waals surface area contributed by atoms with E-state index in [4.69, 9.17) is 0 Å². The molecule has 0 amide bonds. The molecule has 6 N–H and O–H groups in total. The standard InChI is InChI=1S/C18H13BBrNO6/c19-9-15(24)11-7(13(22)16(9)25)8-12(17(26)10(20)18(27)14(8)23)21(11)6-4-2-1-3-5-6/h1-5,22-27H,19H2. The van der Waals surface area contributed by atoms with Crippen LogP contribution in [-0.4, -0.2) is 43.1 Å². The minimum atomic E-state index is -0.633. The SMILES string of the molecule is Bc1c(O)c(O)c2c3c(O)c(O)c(Br)c(O)c3n(-c3ccccc3)c2c1O. The van der Waals surface area contributed by atoms with Gasteiger partial charge in [-0.25, -0.2) is 0 Å². The topological polar surface area (TPSA) is 126 Å². The predicted molar refractivity (Wildman–Crippen MR) is 107 cm³/mol. The van der Waals surface area contributed by atoms with E-state index in [9.17, 15) is 30.6 Å². The van der Waals surface area contributed by atoms with Gasteiger partial charge in [0.15, 0.2) is 28.7 Å². The average Bonchev–Trinajstić information content (AvgIpc) is 3.04. The summed E-state index contributed by atoms with van der Waals surface area (Å²) in [5.74, 6) is -3.14. The Morgan fingerprint density at radius 3 is 1.78 bits per heavy atom. The Balaban J connectivity index is 2.45. The second kappa shape index (κ2) is 5.65. The van der Waals surface area contributed by atoms with Crippen LogP contribution in [0.1, 0.15) is 0 Å². The summed E-state index contributed by atoms with van der Waals surface area (Å²) in [5.41, 5.74) is 0.646. The van der Waals surface area contributed by atoms with Crippen LogP contribution in [0, 0.1) is 0 Å². The molecule has 7 nitrogen and oxygen atoms in total. The van der Waals surface area contributed by atoms with E-state index in [2.05, 4.69) is 15.9 Å². The summed E-state index contributed by atoms with van der Waals surface area (Å²) in [6.07, 6.45) is 0. The van der Waals surface area contributed by atoms with Crippen molar-refractivity contribution in [2.45, 2.75) is 0 Å². The van der Waals surface area contributed by atoms with Gasteiger partial charge in [0, 0.05) is 5.69 Å². The molecule has 27 heavy (non-hydrogen) atoms. The molecule has 0 bridgehead atoms. The molecule has 3 aromatic carbocycles. The van der Waals surface area contributed by atoms with Crippen molar-refractivity contribution in [3.8, 4) is 40.2 Å². The van der Waals surface area contributed by atoms with Crippen molar-refractivity contribution >= 4 is 51.0 Å². The molecule has 1 heterocycles. The molecule has 4 aromatic rings. The van der Waals surface area contributed by atoms with Crippen LogP contribution in [0.25, 0.3) is 27.5 Å². The lowest BCUT2D eigenvalue weighted by molar-refractivity contribution is 0.398. The first-order valence-corrected chi connectivity index (χ1v) is 8.66. The molecule has 1 aromatic heterocycles. The first-order chi connectivity index (χ1) is 12.8. The molecular formula is C18H13BBrNO6. The smallest absolute Gasteiger partial charge is 0.176 e. The summed E-state index contributed by atoms with van der Waals surface area (Å²) in [6.45, 7) is 0. The van der Waals surface area contributed by atoms with Crippen molar-refractivity contribution in [1.82, 2.24) is 4.57 Å². The Kier molecular flexibility index (Phi) is 3.61. The van der Waals surface area contributed by atoms with Crippen molar-refractivity contribution in [1.29, 1.82) is 0 Å². The number of hydrogen-bond donors (Lipinski definition) is 6. The van der Waals surface area contributed by atoms with Gasteiger partial charge in [0.1, 0.15) is 23.6 Å². The molecule has 0 fully saturated rings. The second-order valence-corrected chi connectivity index (χ2v) is 6.94. The molecule has 0 saturated heterocycles. The van der Waals surface area contributed by atoms with Crippen molar-refractivity contribution in [2.75, 3.05) is 0 Å². The highest BCUT2D eigenvalue weighted by atomic mass is 79.9. The molecule has 136 valence electrons. The minimum Gasteiger partial charge on any atom is -0.506 e. The maximum atomic E-state index is 10.7. The summed E-state index contributed by atoms with van der Waals surface area (Å²) in [6, 6.07) is 8.67. The maximum Gasteiger partial charge on any atom is 0.176 e.